The number of rotatable bonds is 8. The van der Waals surface area contributed by atoms with Gasteiger partial charge in [0.1, 0.15) is 12.4 Å². The molecule has 0 aliphatic heterocycles. The number of aliphatic hydroxyl groups is 1. The van der Waals surface area contributed by atoms with Gasteiger partial charge in [0.25, 0.3) is 0 Å². The number of benzene rings is 2. The topological polar surface area (TPSA) is 51.6 Å². The fourth-order valence-corrected chi connectivity index (χ4v) is 6.69. The van der Waals surface area contributed by atoms with Gasteiger partial charge in [0.2, 0.25) is 5.88 Å². The molecule has 1 N–H and O–H groups in total. The molecule has 0 unspecified atom stereocenters. The second-order valence-corrected chi connectivity index (χ2v) is 10.5. The average molecular weight is 472 g/mol. The first-order valence-corrected chi connectivity index (χ1v) is 13.1. The van der Waals surface area contributed by atoms with Crippen LogP contribution in [0.2, 0.25) is 0 Å². The highest BCUT2D eigenvalue weighted by Crippen LogP contribution is 2.55. The van der Waals surface area contributed by atoms with E-state index in [9.17, 15) is 5.11 Å². The number of pyridine rings is 1. The molecule has 0 bridgehead atoms. The Hall–Kier alpha value is -2.85. The van der Waals surface area contributed by atoms with Crippen molar-refractivity contribution in [2.75, 3.05) is 7.11 Å². The minimum atomic E-state index is -0.511. The van der Waals surface area contributed by atoms with Crippen molar-refractivity contribution < 1.29 is 14.6 Å². The van der Waals surface area contributed by atoms with E-state index in [0.29, 0.717) is 18.4 Å². The van der Waals surface area contributed by atoms with Crippen LogP contribution in [0.5, 0.6) is 11.6 Å². The molecule has 0 radical (unpaired) electrons. The molecule has 5 rings (SSSR count). The van der Waals surface area contributed by atoms with Crippen molar-refractivity contribution >= 4 is 0 Å². The van der Waals surface area contributed by atoms with Crippen LogP contribution in [0.25, 0.3) is 0 Å². The molecule has 1 fully saturated rings. The maximum Gasteiger partial charge on any atom is 0.219 e. The Morgan fingerprint density at radius 2 is 1.91 bits per heavy atom. The summed E-state index contributed by atoms with van der Waals surface area (Å²) in [6.45, 7) is 2.61. The smallest absolute Gasteiger partial charge is 0.219 e. The predicted octanol–water partition coefficient (Wildman–Crippen LogP) is 6.43. The molecule has 1 saturated carbocycles. The molecule has 184 valence electrons. The zero-order chi connectivity index (χ0) is 24.3. The maximum absolute atomic E-state index is 11.4. The molecule has 2 aromatic carbocycles. The summed E-state index contributed by atoms with van der Waals surface area (Å²) in [6.07, 6.45) is 9.67. The monoisotopic (exact) mass is 471 g/mol. The standard InChI is InChI=1S/C31H37NO3/c1-3-15-30(33)16-17-31(20-23-8-5-4-6-9-23)26(21-30)12-11-24-19-27(13-14-28(24)31)35-22-25-10-7-18-32-29(25)34-2/h4-10,13-14,18-19,26,33H,3,11-12,15-17,20-22H2,1-2H3/t26-,30-,31+/m1/s1. The number of fused-ring (bicyclic) bond motifs is 3. The third-order valence-corrected chi connectivity index (χ3v) is 8.33. The van der Waals surface area contributed by atoms with Gasteiger partial charge in [-0.1, -0.05) is 49.7 Å². The summed E-state index contributed by atoms with van der Waals surface area (Å²) < 4.78 is 11.6. The molecule has 3 aromatic rings. The summed E-state index contributed by atoms with van der Waals surface area (Å²) in [5.41, 5.74) is 4.74. The molecule has 4 nitrogen and oxygen atoms in total. The molecule has 0 spiro atoms. The van der Waals surface area contributed by atoms with Gasteiger partial charge in [0.15, 0.2) is 0 Å². The van der Waals surface area contributed by atoms with Crippen molar-refractivity contribution in [3.8, 4) is 11.6 Å². The molecular weight excluding hydrogens is 434 g/mol. The van der Waals surface area contributed by atoms with Crippen LogP contribution in [0.15, 0.2) is 66.9 Å². The van der Waals surface area contributed by atoms with Crippen LogP contribution in [-0.4, -0.2) is 22.8 Å². The van der Waals surface area contributed by atoms with E-state index in [1.807, 2.05) is 12.1 Å². The lowest BCUT2D eigenvalue weighted by Crippen LogP contribution is -2.51. The van der Waals surface area contributed by atoms with Crippen molar-refractivity contribution in [3.63, 3.8) is 0 Å². The van der Waals surface area contributed by atoms with E-state index in [4.69, 9.17) is 9.47 Å². The molecule has 35 heavy (non-hydrogen) atoms. The fraction of sp³-hybridized carbons (Fsp3) is 0.452. The van der Waals surface area contributed by atoms with E-state index in [1.165, 1.54) is 16.7 Å². The highest BCUT2D eigenvalue weighted by molar-refractivity contribution is 5.45. The van der Waals surface area contributed by atoms with E-state index in [0.717, 1.165) is 62.7 Å². The van der Waals surface area contributed by atoms with Gasteiger partial charge in [-0.25, -0.2) is 4.98 Å². The van der Waals surface area contributed by atoms with Crippen LogP contribution in [-0.2, 0) is 24.9 Å². The summed E-state index contributed by atoms with van der Waals surface area (Å²) in [4.78, 5) is 4.28. The normalized spacial score (nSPS) is 25.4. The zero-order valence-electron chi connectivity index (χ0n) is 21.0. The average Bonchev–Trinajstić information content (AvgIpc) is 2.88. The number of aryl methyl sites for hydroxylation is 1. The van der Waals surface area contributed by atoms with Gasteiger partial charge < -0.3 is 14.6 Å². The molecule has 1 aromatic heterocycles. The summed E-state index contributed by atoms with van der Waals surface area (Å²) in [6, 6.07) is 21.5. The molecule has 3 atom stereocenters. The van der Waals surface area contributed by atoms with Gasteiger partial charge >= 0.3 is 0 Å². The van der Waals surface area contributed by atoms with E-state index in [2.05, 4.69) is 60.4 Å². The van der Waals surface area contributed by atoms with Crippen LogP contribution in [0.1, 0.15) is 67.7 Å². The molecule has 2 aliphatic rings. The Morgan fingerprint density at radius 3 is 2.71 bits per heavy atom. The summed E-state index contributed by atoms with van der Waals surface area (Å²) >= 11 is 0. The molecular formula is C31H37NO3. The van der Waals surface area contributed by atoms with Crippen molar-refractivity contribution in [1.29, 1.82) is 0 Å². The SMILES string of the molecule is CCC[C@@]1(O)CC[C@@]2(Cc3ccccc3)c3ccc(OCc4cccnc4OC)cc3CC[C@@H]2C1. The summed E-state index contributed by atoms with van der Waals surface area (Å²) in [7, 11) is 1.64. The predicted molar refractivity (Wildman–Crippen MR) is 139 cm³/mol. The first-order chi connectivity index (χ1) is 17.0. The van der Waals surface area contributed by atoms with Crippen molar-refractivity contribution in [2.45, 2.75) is 75.9 Å². The molecule has 1 heterocycles. The minimum absolute atomic E-state index is 0.0695. The van der Waals surface area contributed by atoms with Gasteiger partial charge in [0.05, 0.1) is 18.3 Å². The Kier molecular flexibility index (Phi) is 6.84. The minimum Gasteiger partial charge on any atom is -0.489 e. The Bertz CT molecular complexity index is 1150. The van der Waals surface area contributed by atoms with Crippen LogP contribution in [0.4, 0.5) is 0 Å². The van der Waals surface area contributed by atoms with E-state index < -0.39 is 5.60 Å². The first-order valence-electron chi connectivity index (χ1n) is 13.1. The number of nitrogens with zero attached hydrogens (tertiary/aromatic N) is 1. The highest BCUT2D eigenvalue weighted by Gasteiger charge is 2.51. The highest BCUT2D eigenvalue weighted by atomic mass is 16.5. The number of aromatic nitrogens is 1. The summed E-state index contributed by atoms with van der Waals surface area (Å²) in [5, 5.41) is 11.4. The molecule has 4 heteroatoms. The quantitative estimate of drug-likeness (QED) is 0.411. The number of hydrogen-bond acceptors (Lipinski definition) is 4. The van der Waals surface area contributed by atoms with E-state index in [-0.39, 0.29) is 5.41 Å². The van der Waals surface area contributed by atoms with Gasteiger partial charge in [-0.2, -0.15) is 0 Å². The fourth-order valence-electron chi connectivity index (χ4n) is 6.69. The van der Waals surface area contributed by atoms with Crippen molar-refractivity contribution in [2.24, 2.45) is 5.92 Å². The number of hydrogen-bond donors (Lipinski definition) is 1. The van der Waals surface area contributed by atoms with Gasteiger partial charge in [-0.3, -0.25) is 0 Å². The Labute approximate surface area is 209 Å². The second-order valence-electron chi connectivity index (χ2n) is 10.5. The lowest BCUT2D eigenvalue weighted by atomic mass is 9.52. The molecule has 0 saturated heterocycles. The molecule has 0 amide bonds. The Morgan fingerprint density at radius 1 is 1.06 bits per heavy atom. The number of ether oxygens (including phenoxy) is 2. The second kappa shape index (κ2) is 10.0. The van der Waals surface area contributed by atoms with Crippen LogP contribution >= 0.6 is 0 Å². The van der Waals surface area contributed by atoms with E-state index in [1.54, 1.807) is 13.3 Å². The van der Waals surface area contributed by atoms with Gasteiger partial charge in [-0.15, -0.1) is 0 Å². The van der Waals surface area contributed by atoms with Gasteiger partial charge in [0, 0.05) is 11.6 Å². The van der Waals surface area contributed by atoms with Crippen molar-refractivity contribution in [3.05, 3.63) is 89.1 Å². The zero-order valence-corrected chi connectivity index (χ0v) is 21.0. The Balaban J connectivity index is 1.44. The lowest BCUT2D eigenvalue weighted by Gasteiger charge is -2.53. The maximum atomic E-state index is 11.4. The van der Waals surface area contributed by atoms with E-state index >= 15 is 0 Å². The number of methoxy groups -OCH3 is 1. The van der Waals surface area contributed by atoms with Crippen LogP contribution in [0, 0.1) is 5.92 Å². The first kappa shape index (κ1) is 23.9. The summed E-state index contributed by atoms with van der Waals surface area (Å²) in [5.74, 6) is 1.99. The molecule has 2 aliphatic carbocycles. The largest absolute Gasteiger partial charge is 0.489 e. The third kappa shape index (κ3) is 4.81. The van der Waals surface area contributed by atoms with Gasteiger partial charge in [-0.05, 0) is 91.8 Å². The van der Waals surface area contributed by atoms with Crippen molar-refractivity contribution in [1.82, 2.24) is 4.98 Å². The van der Waals surface area contributed by atoms with Crippen LogP contribution in [0.3, 0.4) is 0 Å². The lowest BCUT2D eigenvalue weighted by molar-refractivity contribution is -0.0565. The van der Waals surface area contributed by atoms with Crippen LogP contribution < -0.4 is 9.47 Å². The third-order valence-electron chi connectivity index (χ3n) is 8.33.